The average molecular weight is 468 g/mol. The third kappa shape index (κ3) is 5.16. The summed E-state index contributed by atoms with van der Waals surface area (Å²) in [6, 6.07) is 0. The molecule has 2 rings (SSSR count). The number of aliphatic imine (C=N–C) groups is 1. The normalized spacial score (nSPS) is 22.7. The summed E-state index contributed by atoms with van der Waals surface area (Å²) in [4.78, 5) is 21.2. The van der Waals surface area contributed by atoms with Gasteiger partial charge in [0.1, 0.15) is 0 Å². The first-order chi connectivity index (χ1) is 10.8. The van der Waals surface area contributed by atoms with E-state index in [1.165, 1.54) is 0 Å². The highest BCUT2D eigenvalue weighted by atomic mass is 127. The van der Waals surface area contributed by atoms with E-state index >= 15 is 0 Å². The van der Waals surface area contributed by atoms with Crippen molar-refractivity contribution in [3.63, 3.8) is 0 Å². The second kappa shape index (κ2) is 8.96. The third-order valence-corrected chi connectivity index (χ3v) is 6.24. The second-order valence-corrected chi connectivity index (χ2v) is 9.42. The molecule has 140 valence electrons. The van der Waals surface area contributed by atoms with Gasteiger partial charge in [0.15, 0.2) is 5.96 Å². The van der Waals surface area contributed by atoms with E-state index in [1.54, 1.807) is 4.90 Å². The van der Waals surface area contributed by atoms with Crippen LogP contribution in [0.4, 0.5) is 0 Å². The molecule has 5 nitrogen and oxygen atoms in total. The van der Waals surface area contributed by atoms with Gasteiger partial charge in [-0.3, -0.25) is 9.79 Å². The van der Waals surface area contributed by atoms with Gasteiger partial charge in [-0.2, -0.15) is 11.8 Å². The van der Waals surface area contributed by atoms with Crippen LogP contribution in [0.15, 0.2) is 4.99 Å². The van der Waals surface area contributed by atoms with E-state index in [9.17, 15) is 4.79 Å². The van der Waals surface area contributed by atoms with Gasteiger partial charge in [-0.25, -0.2) is 0 Å². The van der Waals surface area contributed by atoms with Gasteiger partial charge in [-0.05, 0) is 26.7 Å². The summed E-state index contributed by atoms with van der Waals surface area (Å²) >= 11 is 2.02. The van der Waals surface area contributed by atoms with Crippen LogP contribution in [-0.4, -0.2) is 72.9 Å². The number of carbonyl (C=O) groups is 1. The smallest absolute Gasteiger partial charge is 0.230 e. The zero-order valence-corrected chi connectivity index (χ0v) is 18.9. The molecule has 2 aliphatic rings. The van der Waals surface area contributed by atoms with E-state index < -0.39 is 0 Å². The fraction of sp³-hybridized carbons (Fsp3) is 0.882. The molecule has 1 aliphatic carbocycles. The molecule has 1 amide bonds. The summed E-state index contributed by atoms with van der Waals surface area (Å²) in [6.45, 7) is 7.27. The summed E-state index contributed by atoms with van der Waals surface area (Å²) in [6.07, 6.45) is 4.26. The number of nitrogens with zero attached hydrogens (tertiary/aromatic N) is 3. The maximum Gasteiger partial charge on any atom is 0.230 e. The summed E-state index contributed by atoms with van der Waals surface area (Å²) in [7, 11) is 5.56. The van der Waals surface area contributed by atoms with Crippen molar-refractivity contribution in [2.75, 3.05) is 46.5 Å². The fourth-order valence-corrected chi connectivity index (χ4v) is 4.88. The number of hydrogen-bond acceptors (Lipinski definition) is 3. The van der Waals surface area contributed by atoms with Crippen molar-refractivity contribution in [1.29, 1.82) is 0 Å². The molecule has 0 radical (unpaired) electrons. The highest BCUT2D eigenvalue weighted by molar-refractivity contribution is 14.0. The van der Waals surface area contributed by atoms with Crippen LogP contribution >= 0.6 is 35.7 Å². The third-order valence-electron chi connectivity index (χ3n) is 4.94. The maximum absolute atomic E-state index is 12.7. The van der Waals surface area contributed by atoms with Crippen molar-refractivity contribution in [3.8, 4) is 0 Å². The summed E-state index contributed by atoms with van der Waals surface area (Å²) in [5.41, 5.74) is -0.251. The van der Waals surface area contributed by atoms with Crippen LogP contribution in [-0.2, 0) is 4.79 Å². The number of thioether (sulfide) groups is 1. The van der Waals surface area contributed by atoms with Gasteiger partial charge >= 0.3 is 0 Å². The molecule has 0 atom stereocenters. The van der Waals surface area contributed by atoms with Crippen LogP contribution in [0.25, 0.3) is 0 Å². The van der Waals surface area contributed by atoms with Gasteiger partial charge in [0.2, 0.25) is 5.91 Å². The molecule has 1 heterocycles. The zero-order valence-electron chi connectivity index (χ0n) is 15.7. The van der Waals surface area contributed by atoms with Gasteiger partial charge in [-0.15, -0.1) is 24.0 Å². The molecule has 1 N–H and O–H groups in total. The van der Waals surface area contributed by atoms with E-state index in [-0.39, 0.29) is 40.0 Å². The number of nitrogens with one attached hydrogen (secondary N) is 1. The molecule has 24 heavy (non-hydrogen) atoms. The van der Waals surface area contributed by atoms with E-state index in [0.717, 1.165) is 50.5 Å². The molecule has 1 saturated carbocycles. The molecule has 0 bridgehead atoms. The molecule has 0 aromatic carbocycles. The molecule has 0 spiro atoms. The highest BCUT2D eigenvalue weighted by Crippen LogP contribution is 2.39. The van der Waals surface area contributed by atoms with E-state index in [1.807, 2.05) is 32.9 Å². The molecule has 2 fully saturated rings. The minimum Gasteiger partial charge on any atom is -0.355 e. The SMILES string of the molecule is CN=C(NCC1(C(=O)N(C)C)CCCC1)N1CCSC(C)(C)C1.I. The Labute approximate surface area is 168 Å². The van der Waals surface area contributed by atoms with Crippen molar-refractivity contribution < 1.29 is 4.79 Å². The minimum atomic E-state index is -0.251. The van der Waals surface area contributed by atoms with Crippen molar-refractivity contribution in [3.05, 3.63) is 0 Å². The van der Waals surface area contributed by atoms with Crippen LogP contribution in [0, 0.1) is 5.41 Å². The minimum absolute atomic E-state index is 0. The van der Waals surface area contributed by atoms with Gasteiger partial charge < -0.3 is 15.1 Å². The van der Waals surface area contributed by atoms with Crippen molar-refractivity contribution in [1.82, 2.24) is 15.1 Å². The molecular weight excluding hydrogens is 435 g/mol. The van der Waals surface area contributed by atoms with Crippen molar-refractivity contribution in [2.45, 2.75) is 44.3 Å². The Morgan fingerprint density at radius 2 is 1.92 bits per heavy atom. The molecule has 7 heteroatoms. The number of amides is 1. The Balaban J connectivity index is 0.00000288. The Bertz CT molecular complexity index is 462. The molecule has 1 aliphatic heterocycles. The Morgan fingerprint density at radius 1 is 1.29 bits per heavy atom. The number of carbonyl (C=O) groups excluding carboxylic acids is 1. The lowest BCUT2D eigenvalue weighted by Gasteiger charge is -2.40. The second-order valence-electron chi connectivity index (χ2n) is 7.62. The highest BCUT2D eigenvalue weighted by Gasteiger charge is 2.42. The lowest BCUT2D eigenvalue weighted by atomic mass is 9.84. The molecule has 0 aromatic rings. The van der Waals surface area contributed by atoms with Gasteiger partial charge in [0.05, 0.1) is 5.41 Å². The summed E-state index contributed by atoms with van der Waals surface area (Å²) < 4.78 is 0.250. The summed E-state index contributed by atoms with van der Waals surface area (Å²) in [5, 5.41) is 3.51. The average Bonchev–Trinajstić information content (AvgIpc) is 2.96. The molecule has 1 saturated heterocycles. The van der Waals surface area contributed by atoms with Gasteiger partial charge in [0, 0.05) is 51.3 Å². The van der Waals surface area contributed by atoms with Crippen molar-refractivity contribution in [2.24, 2.45) is 10.4 Å². The summed E-state index contributed by atoms with van der Waals surface area (Å²) in [5.74, 6) is 2.32. The number of rotatable bonds is 3. The lowest BCUT2D eigenvalue weighted by Crippen LogP contribution is -2.54. The van der Waals surface area contributed by atoms with Crippen LogP contribution in [0.2, 0.25) is 0 Å². The van der Waals surface area contributed by atoms with Gasteiger partial charge in [0.25, 0.3) is 0 Å². The molecular formula is C17H33IN4OS. The van der Waals surface area contributed by atoms with E-state index in [0.29, 0.717) is 6.54 Å². The zero-order chi connectivity index (χ0) is 17.1. The molecule has 0 aromatic heterocycles. The standard InChI is InChI=1S/C17H32N4OS.HI/c1-16(2)13-21(10-11-23-16)15(18-3)19-12-17(8-6-7-9-17)14(22)20(4)5;/h6-13H2,1-5H3,(H,18,19);1H. The topological polar surface area (TPSA) is 47.9 Å². The largest absolute Gasteiger partial charge is 0.355 e. The van der Waals surface area contributed by atoms with E-state index in [2.05, 4.69) is 29.1 Å². The predicted molar refractivity (Wildman–Crippen MR) is 114 cm³/mol. The number of guanidine groups is 1. The van der Waals surface area contributed by atoms with Crippen LogP contribution in [0.1, 0.15) is 39.5 Å². The lowest BCUT2D eigenvalue weighted by molar-refractivity contribution is -0.138. The Kier molecular flexibility index (Phi) is 8.16. The van der Waals surface area contributed by atoms with Gasteiger partial charge in [-0.1, -0.05) is 12.8 Å². The first-order valence-electron chi connectivity index (χ1n) is 8.61. The van der Waals surface area contributed by atoms with E-state index in [4.69, 9.17) is 0 Å². The fourth-order valence-electron chi connectivity index (χ4n) is 3.77. The monoisotopic (exact) mass is 468 g/mol. The molecule has 0 unspecified atom stereocenters. The van der Waals surface area contributed by atoms with Crippen LogP contribution in [0.3, 0.4) is 0 Å². The quantitative estimate of drug-likeness (QED) is 0.393. The number of halogens is 1. The van der Waals surface area contributed by atoms with Crippen LogP contribution in [0.5, 0.6) is 0 Å². The predicted octanol–water partition coefficient (Wildman–Crippen LogP) is 2.66. The Hall–Kier alpha value is -0.180. The number of hydrogen-bond donors (Lipinski definition) is 1. The first kappa shape index (κ1) is 21.9. The first-order valence-corrected chi connectivity index (χ1v) is 9.60. The van der Waals surface area contributed by atoms with Crippen molar-refractivity contribution >= 4 is 47.6 Å². The Morgan fingerprint density at radius 3 is 2.42 bits per heavy atom. The van der Waals surface area contributed by atoms with Crippen LogP contribution < -0.4 is 5.32 Å². The maximum atomic E-state index is 12.7.